The lowest BCUT2D eigenvalue weighted by Crippen LogP contribution is -2.28. The Morgan fingerprint density at radius 3 is 2.43 bits per heavy atom. The smallest absolute Gasteiger partial charge is 0.258 e. The van der Waals surface area contributed by atoms with Gasteiger partial charge in [-0.2, -0.15) is 0 Å². The Labute approximate surface area is 163 Å². The van der Waals surface area contributed by atoms with E-state index in [2.05, 4.69) is 16.0 Å². The van der Waals surface area contributed by atoms with Crippen LogP contribution in [0.5, 0.6) is 5.75 Å². The maximum absolute atomic E-state index is 12.0. The predicted octanol–water partition coefficient (Wildman–Crippen LogP) is 2.69. The number of benzene rings is 2. The van der Waals surface area contributed by atoms with E-state index in [0.717, 1.165) is 18.4 Å². The highest BCUT2D eigenvalue weighted by molar-refractivity contribution is 5.94. The molecule has 0 saturated heterocycles. The number of anilines is 2. The van der Waals surface area contributed by atoms with Crippen LogP contribution in [0.4, 0.5) is 11.4 Å². The first-order valence-corrected chi connectivity index (χ1v) is 9.16. The van der Waals surface area contributed by atoms with Crippen molar-refractivity contribution in [3.63, 3.8) is 0 Å². The third kappa shape index (κ3) is 6.12. The Bertz CT molecular complexity index is 877. The molecule has 3 amide bonds. The quantitative estimate of drug-likeness (QED) is 0.655. The fourth-order valence-corrected chi connectivity index (χ4v) is 2.62. The summed E-state index contributed by atoms with van der Waals surface area (Å²) >= 11 is 0. The van der Waals surface area contributed by atoms with Crippen LogP contribution in [0.15, 0.2) is 48.5 Å². The van der Waals surface area contributed by atoms with Gasteiger partial charge in [0.05, 0.1) is 0 Å². The van der Waals surface area contributed by atoms with Gasteiger partial charge in [0.1, 0.15) is 5.75 Å². The Balaban J connectivity index is 1.45. The van der Waals surface area contributed by atoms with E-state index in [4.69, 9.17) is 4.74 Å². The largest absolute Gasteiger partial charge is 0.484 e. The van der Waals surface area contributed by atoms with Gasteiger partial charge in [0.2, 0.25) is 11.8 Å². The summed E-state index contributed by atoms with van der Waals surface area (Å²) in [5.41, 5.74) is 2.20. The molecule has 2 aromatic rings. The van der Waals surface area contributed by atoms with Crippen LogP contribution in [0.3, 0.4) is 0 Å². The van der Waals surface area contributed by atoms with E-state index >= 15 is 0 Å². The summed E-state index contributed by atoms with van der Waals surface area (Å²) < 4.78 is 5.51. The van der Waals surface area contributed by atoms with Gasteiger partial charge in [-0.3, -0.25) is 14.4 Å². The summed E-state index contributed by atoms with van der Waals surface area (Å²) in [5, 5.41) is 8.32. The number of carbonyl (C=O) groups excluding carboxylic acids is 3. The van der Waals surface area contributed by atoms with Crippen molar-refractivity contribution in [1.82, 2.24) is 5.32 Å². The summed E-state index contributed by atoms with van der Waals surface area (Å²) in [6, 6.07) is 14.2. The van der Waals surface area contributed by atoms with Gasteiger partial charge in [-0.15, -0.1) is 0 Å². The molecular formula is C21H23N3O4. The van der Waals surface area contributed by atoms with E-state index in [1.54, 1.807) is 36.4 Å². The van der Waals surface area contributed by atoms with E-state index in [1.807, 2.05) is 12.1 Å². The molecule has 0 spiro atoms. The van der Waals surface area contributed by atoms with Crippen molar-refractivity contribution < 1.29 is 19.1 Å². The van der Waals surface area contributed by atoms with E-state index in [0.29, 0.717) is 23.7 Å². The molecule has 3 rings (SSSR count). The van der Waals surface area contributed by atoms with Crippen molar-refractivity contribution in [2.45, 2.75) is 26.3 Å². The first-order chi connectivity index (χ1) is 13.5. The van der Waals surface area contributed by atoms with Crippen LogP contribution in [0.1, 0.15) is 25.3 Å². The Hall–Kier alpha value is -3.35. The van der Waals surface area contributed by atoms with E-state index < -0.39 is 0 Å². The van der Waals surface area contributed by atoms with E-state index in [-0.39, 0.29) is 30.2 Å². The van der Waals surface area contributed by atoms with Crippen LogP contribution >= 0.6 is 0 Å². The molecule has 1 saturated carbocycles. The molecule has 146 valence electrons. The lowest BCUT2D eigenvalue weighted by atomic mass is 10.2. The fraction of sp³-hybridized carbons (Fsp3) is 0.286. The number of hydrogen-bond donors (Lipinski definition) is 3. The first kappa shape index (κ1) is 19.4. The molecule has 0 radical (unpaired) electrons. The van der Waals surface area contributed by atoms with Crippen molar-refractivity contribution in [3.05, 3.63) is 54.1 Å². The van der Waals surface area contributed by atoms with Crippen LogP contribution in [-0.4, -0.2) is 24.3 Å². The Morgan fingerprint density at radius 2 is 1.71 bits per heavy atom. The number of rotatable bonds is 8. The van der Waals surface area contributed by atoms with Gasteiger partial charge >= 0.3 is 0 Å². The lowest BCUT2D eigenvalue weighted by molar-refractivity contribution is -0.123. The highest BCUT2D eigenvalue weighted by Gasteiger charge is 2.29. The average Bonchev–Trinajstić information content (AvgIpc) is 3.50. The van der Waals surface area contributed by atoms with Gasteiger partial charge in [-0.1, -0.05) is 18.2 Å². The molecule has 0 heterocycles. The molecular weight excluding hydrogens is 358 g/mol. The van der Waals surface area contributed by atoms with Crippen molar-refractivity contribution in [1.29, 1.82) is 0 Å². The topological polar surface area (TPSA) is 96.5 Å². The van der Waals surface area contributed by atoms with Gasteiger partial charge < -0.3 is 20.7 Å². The second-order valence-electron chi connectivity index (χ2n) is 6.74. The van der Waals surface area contributed by atoms with Crippen molar-refractivity contribution in [2.75, 3.05) is 17.2 Å². The minimum atomic E-state index is -0.266. The summed E-state index contributed by atoms with van der Waals surface area (Å²) in [5.74, 6) is 0.245. The zero-order valence-corrected chi connectivity index (χ0v) is 15.7. The molecule has 0 aromatic heterocycles. The van der Waals surface area contributed by atoms with E-state index in [1.165, 1.54) is 6.92 Å². The maximum atomic E-state index is 12.0. The molecule has 1 fully saturated rings. The SMILES string of the molecule is CC(=O)Nc1cccc(CNC(=O)COc2cccc(NC(=O)C3CC3)c2)c1. The van der Waals surface area contributed by atoms with Crippen LogP contribution in [0.25, 0.3) is 0 Å². The minimum Gasteiger partial charge on any atom is -0.484 e. The van der Waals surface area contributed by atoms with Crippen LogP contribution in [0.2, 0.25) is 0 Å². The van der Waals surface area contributed by atoms with Crippen LogP contribution < -0.4 is 20.7 Å². The molecule has 2 aromatic carbocycles. The monoisotopic (exact) mass is 381 g/mol. The Morgan fingerprint density at radius 1 is 1.00 bits per heavy atom. The minimum absolute atomic E-state index is 0.0244. The lowest BCUT2D eigenvalue weighted by Gasteiger charge is -2.10. The van der Waals surface area contributed by atoms with Crippen molar-refractivity contribution in [3.8, 4) is 5.75 Å². The van der Waals surface area contributed by atoms with Crippen LogP contribution in [0, 0.1) is 5.92 Å². The van der Waals surface area contributed by atoms with Gasteiger partial charge in [-0.25, -0.2) is 0 Å². The highest BCUT2D eigenvalue weighted by atomic mass is 16.5. The first-order valence-electron chi connectivity index (χ1n) is 9.16. The van der Waals surface area contributed by atoms with Crippen molar-refractivity contribution >= 4 is 29.1 Å². The van der Waals surface area contributed by atoms with Gasteiger partial charge in [0.25, 0.3) is 5.91 Å². The third-order valence-corrected chi connectivity index (χ3v) is 4.16. The highest BCUT2D eigenvalue weighted by Crippen LogP contribution is 2.30. The number of amides is 3. The molecule has 1 aliphatic rings. The second-order valence-corrected chi connectivity index (χ2v) is 6.74. The number of hydrogen-bond acceptors (Lipinski definition) is 4. The van der Waals surface area contributed by atoms with Crippen molar-refractivity contribution in [2.24, 2.45) is 5.92 Å². The molecule has 0 atom stereocenters. The molecule has 0 aliphatic heterocycles. The average molecular weight is 381 g/mol. The van der Waals surface area contributed by atoms with E-state index in [9.17, 15) is 14.4 Å². The molecule has 28 heavy (non-hydrogen) atoms. The standard InChI is InChI=1S/C21H23N3O4/c1-14(25)23-17-5-2-4-15(10-17)12-22-20(26)13-28-19-7-3-6-18(11-19)24-21(27)16-8-9-16/h2-7,10-11,16H,8-9,12-13H2,1H3,(H,22,26)(H,23,25)(H,24,27). The Kier molecular flexibility index (Phi) is 6.26. The summed E-state index contributed by atoms with van der Waals surface area (Å²) in [4.78, 5) is 35.0. The number of ether oxygens (including phenoxy) is 1. The summed E-state index contributed by atoms with van der Waals surface area (Å²) in [6.45, 7) is 1.64. The zero-order chi connectivity index (χ0) is 19.9. The molecule has 7 nitrogen and oxygen atoms in total. The molecule has 7 heteroatoms. The molecule has 1 aliphatic carbocycles. The zero-order valence-electron chi connectivity index (χ0n) is 15.7. The molecule has 0 bridgehead atoms. The van der Waals surface area contributed by atoms with Crippen LogP contribution in [-0.2, 0) is 20.9 Å². The maximum Gasteiger partial charge on any atom is 0.258 e. The number of carbonyl (C=O) groups is 3. The van der Waals surface area contributed by atoms with Gasteiger partial charge in [-0.05, 0) is 42.7 Å². The summed E-state index contributed by atoms with van der Waals surface area (Å²) in [7, 11) is 0. The fourth-order valence-electron chi connectivity index (χ4n) is 2.62. The molecule has 3 N–H and O–H groups in total. The third-order valence-electron chi connectivity index (χ3n) is 4.16. The second kappa shape index (κ2) is 9.03. The summed E-state index contributed by atoms with van der Waals surface area (Å²) in [6.07, 6.45) is 1.88. The molecule has 0 unspecified atom stereocenters. The number of nitrogens with one attached hydrogen (secondary N) is 3. The van der Waals surface area contributed by atoms with Gasteiger partial charge in [0.15, 0.2) is 6.61 Å². The van der Waals surface area contributed by atoms with Gasteiger partial charge in [0, 0.05) is 36.8 Å². The normalized spacial score (nSPS) is 12.8. The predicted molar refractivity (Wildman–Crippen MR) is 106 cm³/mol.